The predicted octanol–water partition coefficient (Wildman–Crippen LogP) is 1.97. The Morgan fingerprint density at radius 1 is 1.45 bits per heavy atom. The molecule has 0 aromatic rings. The van der Waals surface area contributed by atoms with Gasteiger partial charge in [0.2, 0.25) is 6.08 Å². The highest BCUT2D eigenvalue weighted by Gasteiger charge is 2.27. The Morgan fingerprint density at radius 2 is 2.09 bits per heavy atom. The van der Waals surface area contributed by atoms with Crippen LogP contribution in [0.5, 0.6) is 0 Å². The molecule has 0 aliphatic carbocycles. The monoisotopic (exact) mass is 185 g/mol. The van der Waals surface area contributed by atoms with Gasteiger partial charge in [0.05, 0.1) is 6.54 Å². The number of hydrogen-bond donors (Lipinski definition) is 0. The van der Waals surface area contributed by atoms with Crippen LogP contribution >= 0.6 is 11.8 Å². The lowest BCUT2D eigenvalue weighted by Gasteiger charge is -2.02. The standard InChI is InChI=1S/C5H6F3NOS/c6-5(7,8)11-3-1-2-9-4-10/h1-3H2. The number of halogens is 3. The quantitative estimate of drug-likeness (QED) is 0.380. The molecule has 0 saturated carbocycles. The van der Waals surface area contributed by atoms with E-state index in [9.17, 15) is 18.0 Å². The van der Waals surface area contributed by atoms with E-state index in [1.807, 2.05) is 0 Å². The van der Waals surface area contributed by atoms with Gasteiger partial charge >= 0.3 is 5.51 Å². The smallest absolute Gasteiger partial charge is 0.211 e. The molecule has 0 aromatic heterocycles. The second kappa shape index (κ2) is 5.21. The first-order valence-electron chi connectivity index (χ1n) is 2.80. The maximum atomic E-state index is 11.4. The van der Waals surface area contributed by atoms with E-state index in [0.29, 0.717) is 0 Å². The minimum atomic E-state index is -4.18. The molecule has 0 rings (SSSR count). The third-order valence-corrected chi connectivity index (χ3v) is 1.56. The van der Waals surface area contributed by atoms with Gasteiger partial charge in [-0.15, -0.1) is 0 Å². The zero-order valence-corrected chi connectivity index (χ0v) is 6.34. The third kappa shape index (κ3) is 9.52. The molecule has 0 aliphatic heterocycles. The predicted molar refractivity (Wildman–Crippen MR) is 36.1 cm³/mol. The normalized spacial score (nSPS) is 10.8. The summed E-state index contributed by atoms with van der Waals surface area (Å²) in [5.74, 6) is -0.0608. The van der Waals surface area contributed by atoms with Gasteiger partial charge in [0.25, 0.3) is 0 Å². The Morgan fingerprint density at radius 3 is 2.55 bits per heavy atom. The lowest BCUT2D eigenvalue weighted by atomic mass is 10.5. The average molecular weight is 185 g/mol. The van der Waals surface area contributed by atoms with E-state index in [1.165, 1.54) is 6.08 Å². The maximum absolute atomic E-state index is 11.4. The molecule has 11 heavy (non-hydrogen) atoms. The molecule has 0 N–H and O–H groups in total. The fourth-order valence-corrected chi connectivity index (χ4v) is 0.882. The van der Waals surface area contributed by atoms with Crippen molar-refractivity contribution in [1.82, 2.24) is 0 Å². The fraction of sp³-hybridized carbons (Fsp3) is 0.800. The van der Waals surface area contributed by atoms with Crippen LogP contribution in [0.3, 0.4) is 0 Å². The molecule has 0 radical (unpaired) electrons. The first-order valence-corrected chi connectivity index (χ1v) is 3.79. The van der Waals surface area contributed by atoms with Crippen LogP contribution in [0, 0.1) is 0 Å². The molecule has 0 aromatic carbocycles. The van der Waals surface area contributed by atoms with Crippen molar-refractivity contribution in [3.63, 3.8) is 0 Å². The van der Waals surface area contributed by atoms with Crippen molar-refractivity contribution in [1.29, 1.82) is 0 Å². The van der Waals surface area contributed by atoms with Gasteiger partial charge in [-0.2, -0.15) is 13.2 Å². The summed E-state index contributed by atoms with van der Waals surface area (Å²) in [5.41, 5.74) is -4.18. The molecule has 0 atom stereocenters. The molecule has 0 heterocycles. The Balaban J connectivity index is 3.21. The molecule has 2 nitrogen and oxygen atoms in total. The lowest BCUT2D eigenvalue weighted by Crippen LogP contribution is -2.01. The van der Waals surface area contributed by atoms with E-state index in [-0.39, 0.29) is 30.5 Å². The van der Waals surface area contributed by atoms with Gasteiger partial charge in [0.1, 0.15) is 0 Å². The number of nitrogens with zero attached hydrogens (tertiary/aromatic N) is 1. The first kappa shape index (κ1) is 10.5. The summed E-state index contributed by atoms with van der Waals surface area (Å²) in [7, 11) is 0. The number of rotatable bonds is 4. The van der Waals surface area contributed by atoms with Gasteiger partial charge in [-0.3, -0.25) is 0 Å². The number of hydrogen-bond acceptors (Lipinski definition) is 3. The van der Waals surface area contributed by atoms with Crippen LogP contribution in [0.25, 0.3) is 0 Å². The van der Waals surface area contributed by atoms with Gasteiger partial charge in [-0.1, -0.05) is 11.8 Å². The zero-order chi connectivity index (χ0) is 8.74. The van der Waals surface area contributed by atoms with Gasteiger partial charge in [-0.05, 0) is 6.42 Å². The van der Waals surface area contributed by atoms with Gasteiger partial charge in [-0.25, -0.2) is 9.79 Å². The van der Waals surface area contributed by atoms with E-state index in [2.05, 4.69) is 4.99 Å². The number of carbonyl (C=O) groups excluding carboxylic acids is 1. The summed E-state index contributed by atoms with van der Waals surface area (Å²) in [6, 6.07) is 0. The Labute approximate surface area is 65.9 Å². The molecule has 0 amide bonds. The fourth-order valence-electron chi connectivity index (χ4n) is 0.377. The van der Waals surface area contributed by atoms with Crippen molar-refractivity contribution in [2.75, 3.05) is 12.3 Å². The van der Waals surface area contributed by atoms with E-state index < -0.39 is 5.51 Å². The first-order chi connectivity index (χ1) is 5.06. The van der Waals surface area contributed by atoms with Crippen molar-refractivity contribution in [2.24, 2.45) is 4.99 Å². The SMILES string of the molecule is O=C=NCCCSC(F)(F)F. The van der Waals surface area contributed by atoms with Crippen molar-refractivity contribution in [3.8, 4) is 0 Å². The third-order valence-electron chi connectivity index (χ3n) is 0.745. The molecular formula is C5H6F3NOS. The number of isocyanates is 1. The van der Waals surface area contributed by atoms with Crippen molar-refractivity contribution < 1.29 is 18.0 Å². The Hall–Kier alpha value is -0.480. The van der Waals surface area contributed by atoms with Crippen molar-refractivity contribution in [3.05, 3.63) is 0 Å². The van der Waals surface area contributed by atoms with E-state index in [4.69, 9.17) is 0 Å². The Kier molecular flexibility index (Phi) is 4.98. The summed E-state index contributed by atoms with van der Waals surface area (Å²) in [5, 5.41) is 0. The molecule has 0 fully saturated rings. The summed E-state index contributed by atoms with van der Waals surface area (Å²) in [6.07, 6.45) is 1.50. The minimum Gasteiger partial charge on any atom is -0.211 e. The summed E-state index contributed by atoms with van der Waals surface area (Å²) in [4.78, 5) is 12.5. The van der Waals surface area contributed by atoms with Crippen LogP contribution in [-0.2, 0) is 4.79 Å². The highest BCUT2D eigenvalue weighted by molar-refractivity contribution is 8.00. The molecule has 0 bridgehead atoms. The van der Waals surface area contributed by atoms with Gasteiger partial charge in [0.15, 0.2) is 0 Å². The van der Waals surface area contributed by atoms with Crippen molar-refractivity contribution in [2.45, 2.75) is 11.9 Å². The molecule has 6 heteroatoms. The second-order valence-corrected chi connectivity index (χ2v) is 2.78. The van der Waals surface area contributed by atoms with Gasteiger partial charge in [0, 0.05) is 5.75 Å². The Bertz CT molecular complexity index is 152. The van der Waals surface area contributed by atoms with Gasteiger partial charge < -0.3 is 0 Å². The van der Waals surface area contributed by atoms with E-state index in [0.717, 1.165) is 0 Å². The van der Waals surface area contributed by atoms with E-state index in [1.54, 1.807) is 0 Å². The van der Waals surface area contributed by atoms with Crippen LogP contribution in [-0.4, -0.2) is 23.9 Å². The number of aliphatic imine (C=N–C) groups is 1. The van der Waals surface area contributed by atoms with Crippen LogP contribution in [0.15, 0.2) is 4.99 Å². The molecule has 0 spiro atoms. The second-order valence-electron chi connectivity index (χ2n) is 1.62. The minimum absolute atomic E-state index is 0.0608. The molecule has 0 unspecified atom stereocenters. The maximum Gasteiger partial charge on any atom is 0.441 e. The number of thioether (sulfide) groups is 1. The molecule has 64 valence electrons. The van der Waals surface area contributed by atoms with Crippen LogP contribution < -0.4 is 0 Å². The van der Waals surface area contributed by atoms with Crippen LogP contribution in [0.2, 0.25) is 0 Å². The molecular weight excluding hydrogens is 179 g/mol. The van der Waals surface area contributed by atoms with Crippen molar-refractivity contribution >= 4 is 17.8 Å². The lowest BCUT2D eigenvalue weighted by molar-refractivity contribution is -0.0327. The van der Waals surface area contributed by atoms with E-state index >= 15 is 0 Å². The topological polar surface area (TPSA) is 29.4 Å². The highest BCUT2D eigenvalue weighted by Crippen LogP contribution is 2.30. The average Bonchev–Trinajstić information content (AvgIpc) is 1.85. The largest absolute Gasteiger partial charge is 0.441 e. The zero-order valence-electron chi connectivity index (χ0n) is 5.52. The highest BCUT2D eigenvalue weighted by atomic mass is 32.2. The summed E-state index contributed by atoms with van der Waals surface area (Å²) >= 11 is -0.106. The summed E-state index contributed by atoms with van der Waals surface area (Å²) < 4.78 is 34.3. The molecule has 0 aliphatic rings. The van der Waals surface area contributed by atoms with Crippen LogP contribution in [0.4, 0.5) is 13.2 Å². The number of alkyl halides is 3. The summed E-state index contributed by atoms with van der Waals surface area (Å²) in [6.45, 7) is 0.118. The molecule has 0 saturated heterocycles. The van der Waals surface area contributed by atoms with Crippen LogP contribution in [0.1, 0.15) is 6.42 Å².